The number of benzene rings is 1. The second kappa shape index (κ2) is 3.54. The highest BCUT2D eigenvalue weighted by Crippen LogP contribution is 2.74. The van der Waals surface area contributed by atoms with E-state index in [-0.39, 0.29) is 22.6 Å². The van der Waals surface area contributed by atoms with E-state index in [0.29, 0.717) is 0 Å². The van der Waals surface area contributed by atoms with Crippen LogP contribution in [0.3, 0.4) is 0 Å². The molecule has 0 aromatic heterocycles. The third kappa shape index (κ3) is 1.29. The summed E-state index contributed by atoms with van der Waals surface area (Å²) in [7, 11) is 1.35. The van der Waals surface area contributed by atoms with Crippen molar-refractivity contribution in [2.75, 3.05) is 7.11 Å². The van der Waals surface area contributed by atoms with E-state index in [4.69, 9.17) is 5.73 Å². The van der Waals surface area contributed by atoms with Crippen LogP contribution in [-0.2, 0) is 14.9 Å². The van der Waals surface area contributed by atoms with Gasteiger partial charge in [0, 0.05) is 5.41 Å². The van der Waals surface area contributed by atoms with Crippen molar-refractivity contribution in [1.82, 2.24) is 0 Å². The van der Waals surface area contributed by atoms with Gasteiger partial charge in [0.05, 0.1) is 7.11 Å². The average molecular weight is 249 g/mol. The maximum atomic E-state index is 13.8. The number of nitrogens with two attached hydrogens (primary N) is 1. The van der Waals surface area contributed by atoms with Gasteiger partial charge in [0.15, 0.2) is 0 Å². The second-order valence-electron chi connectivity index (χ2n) is 5.65. The lowest BCUT2D eigenvalue weighted by molar-refractivity contribution is -0.181. The molecule has 1 atom stereocenters. The molecule has 2 N–H and O–H groups in total. The fraction of sp³-hybridized carbons (Fsp3) is 0.500. The molecule has 1 aromatic carbocycles. The van der Waals surface area contributed by atoms with Gasteiger partial charge >= 0.3 is 5.97 Å². The fourth-order valence-corrected chi connectivity index (χ4v) is 3.75. The number of carbonyl (C=O) groups excluding carboxylic acids is 1. The molecule has 3 saturated carbocycles. The SMILES string of the molecule is COC(=O)C(N)C12CC(c3ccccc3F)(C1)C2. The zero-order valence-electron chi connectivity index (χ0n) is 10.3. The first-order valence-corrected chi connectivity index (χ1v) is 6.11. The Balaban J connectivity index is 1.77. The van der Waals surface area contributed by atoms with E-state index in [0.717, 1.165) is 24.8 Å². The normalized spacial score (nSPS) is 34.2. The minimum absolute atomic E-state index is 0.0863. The Morgan fingerprint density at radius 3 is 2.56 bits per heavy atom. The quantitative estimate of drug-likeness (QED) is 0.830. The summed E-state index contributed by atoms with van der Waals surface area (Å²) in [5.74, 6) is -0.519. The predicted molar refractivity (Wildman–Crippen MR) is 64.4 cm³/mol. The molecule has 4 rings (SSSR count). The number of rotatable bonds is 3. The molecule has 4 heteroatoms. The van der Waals surface area contributed by atoms with Crippen LogP contribution >= 0.6 is 0 Å². The summed E-state index contributed by atoms with van der Waals surface area (Å²) in [6, 6.07) is 6.30. The van der Waals surface area contributed by atoms with Gasteiger partial charge in [-0.15, -0.1) is 0 Å². The number of hydrogen-bond donors (Lipinski definition) is 1. The highest BCUT2D eigenvalue weighted by Gasteiger charge is 2.72. The Morgan fingerprint density at radius 1 is 1.39 bits per heavy atom. The summed E-state index contributed by atoms with van der Waals surface area (Å²) in [6.45, 7) is 0. The molecule has 0 spiro atoms. The van der Waals surface area contributed by atoms with Gasteiger partial charge in [-0.25, -0.2) is 4.39 Å². The average Bonchev–Trinajstić information content (AvgIpc) is 2.27. The molecule has 3 aliphatic carbocycles. The predicted octanol–water partition coefficient (Wildman–Crippen LogP) is 1.75. The van der Waals surface area contributed by atoms with E-state index in [9.17, 15) is 9.18 Å². The molecule has 96 valence electrons. The zero-order valence-corrected chi connectivity index (χ0v) is 10.3. The van der Waals surface area contributed by atoms with E-state index >= 15 is 0 Å². The summed E-state index contributed by atoms with van der Waals surface area (Å²) in [6.07, 6.45) is 2.37. The lowest BCUT2D eigenvalue weighted by Gasteiger charge is -2.72. The van der Waals surface area contributed by atoms with Crippen LogP contribution in [-0.4, -0.2) is 19.1 Å². The Hall–Kier alpha value is -1.42. The molecular weight excluding hydrogens is 233 g/mol. The van der Waals surface area contributed by atoms with Crippen LogP contribution in [0.25, 0.3) is 0 Å². The van der Waals surface area contributed by atoms with Crippen molar-refractivity contribution in [2.24, 2.45) is 11.1 Å². The minimum atomic E-state index is -0.573. The largest absolute Gasteiger partial charge is 0.468 e. The lowest BCUT2D eigenvalue weighted by Crippen LogP contribution is -2.72. The first kappa shape index (κ1) is 11.7. The first-order chi connectivity index (χ1) is 8.53. The Morgan fingerprint density at radius 2 is 2.00 bits per heavy atom. The number of ether oxygens (including phenoxy) is 1. The summed E-state index contributed by atoms with van der Waals surface area (Å²) in [4.78, 5) is 11.5. The molecule has 3 nitrogen and oxygen atoms in total. The van der Waals surface area contributed by atoms with Gasteiger partial charge < -0.3 is 10.5 Å². The summed E-state index contributed by atoms with van der Waals surface area (Å²) < 4.78 is 18.4. The first-order valence-electron chi connectivity index (χ1n) is 6.11. The number of carbonyl (C=O) groups is 1. The van der Waals surface area contributed by atoms with Crippen molar-refractivity contribution in [3.05, 3.63) is 35.6 Å². The third-order valence-electron chi connectivity index (χ3n) is 4.63. The molecule has 3 fully saturated rings. The van der Waals surface area contributed by atoms with Crippen LogP contribution in [0.15, 0.2) is 24.3 Å². The second-order valence-corrected chi connectivity index (χ2v) is 5.65. The van der Waals surface area contributed by atoms with Crippen LogP contribution < -0.4 is 5.73 Å². The highest BCUT2D eigenvalue weighted by atomic mass is 19.1. The van der Waals surface area contributed by atoms with Gasteiger partial charge in [-0.1, -0.05) is 18.2 Å². The van der Waals surface area contributed by atoms with E-state index in [1.807, 2.05) is 12.1 Å². The summed E-state index contributed by atoms with van der Waals surface area (Å²) >= 11 is 0. The Labute approximate surface area is 105 Å². The van der Waals surface area contributed by atoms with E-state index in [1.54, 1.807) is 6.07 Å². The van der Waals surface area contributed by atoms with Crippen LogP contribution in [0.1, 0.15) is 24.8 Å². The number of esters is 1. The van der Waals surface area contributed by atoms with E-state index in [1.165, 1.54) is 13.2 Å². The van der Waals surface area contributed by atoms with Crippen molar-refractivity contribution >= 4 is 5.97 Å². The van der Waals surface area contributed by atoms with Gasteiger partial charge in [0.2, 0.25) is 0 Å². The van der Waals surface area contributed by atoms with Crippen LogP contribution in [0.5, 0.6) is 0 Å². The molecule has 0 saturated heterocycles. The molecule has 1 unspecified atom stereocenters. The van der Waals surface area contributed by atoms with E-state index in [2.05, 4.69) is 4.74 Å². The van der Waals surface area contributed by atoms with Crippen molar-refractivity contribution in [3.8, 4) is 0 Å². The molecule has 3 aliphatic rings. The molecular formula is C14H16FNO2. The standard InChI is InChI=1S/C14H16FNO2/c1-18-12(17)11(16)14-6-13(7-14,8-14)9-4-2-3-5-10(9)15/h2-5,11H,6-8,16H2,1H3. The maximum absolute atomic E-state index is 13.8. The van der Waals surface area contributed by atoms with Crippen molar-refractivity contribution in [3.63, 3.8) is 0 Å². The molecule has 18 heavy (non-hydrogen) atoms. The fourth-order valence-electron chi connectivity index (χ4n) is 3.75. The van der Waals surface area contributed by atoms with Gasteiger partial charge in [-0.2, -0.15) is 0 Å². The topological polar surface area (TPSA) is 52.3 Å². The van der Waals surface area contributed by atoms with Gasteiger partial charge in [-0.3, -0.25) is 4.79 Å². The van der Waals surface area contributed by atoms with Crippen LogP contribution in [0.2, 0.25) is 0 Å². The van der Waals surface area contributed by atoms with Crippen molar-refractivity contribution < 1.29 is 13.9 Å². The van der Waals surface area contributed by atoms with Gasteiger partial charge in [0.1, 0.15) is 11.9 Å². The Kier molecular flexibility index (Phi) is 2.29. The molecule has 0 radical (unpaired) electrons. The zero-order chi connectivity index (χ0) is 13.0. The van der Waals surface area contributed by atoms with Gasteiger partial charge in [-0.05, 0) is 36.3 Å². The van der Waals surface area contributed by atoms with Crippen LogP contribution in [0, 0.1) is 11.2 Å². The summed E-state index contributed by atoms with van der Waals surface area (Å²) in [5, 5.41) is 0. The van der Waals surface area contributed by atoms with Gasteiger partial charge in [0.25, 0.3) is 0 Å². The Bertz CT molecular complexity index is 494. The molecule has 2 bridgehead atoms. The third-order valence-corrected chi connectivity index (χ3v) is 4.63. The lowest BCUT2D eigenvalue weighted by atomic mass is 9.31. The molecule has 0 heterocycles. The molecule has 0 aliphatic heterocycles. The van der Waals surface area contributed by atoms with Crippen molar-refractivity contribution in [1.29, 1.82) is 0 Å². The smallest absolute Gasteiger partial charge is 0.323 e. The molecule has 0 amide bonds. The van der Waals surface area contributed by atoms with Crippen LogP contribution in [0.4, 0.5) is 4.39 Å². The number of methoxy groups -OCH3 is 1. The monoisotopic (exact) mass is 249 g/mol. The summed E-state index contributed by atoms with van der Waals surface area (Å²) in [5.41, 5.74) is 6.44. The molecule has 1 aromatic rings. The highest BCUT2D eigenvalue weighted by molar-refractivity contribution is 5.77. The van der Waals surface area contributed by atoms with Crippen molar-refractivity contribution in [2.45, 2.75) is 30.7 Å². The maximum Gasteiger partial charge on any atom is 0.323 e. The van der Waals surface area contributed by atoms with E-state index < -0.39 is 6.04 Å². The number of hydrogen-bond acceptors (Lipinski definition) is 3. The number of halogens is 1. The minimum Gasteiger partial charge on any atom is -0.468 e.